The number of aromatic nitrogens is 1. The minimum absolute atomic E-state index is 0.0108. The van der Waals surface area contributed by atoms with Crippen LogP contribution in [-0.4, -0.2) is 23.0 Å². The number of H-pyrrole nitrogens is 1. The van der Waals surface area contributed by atoms with Gasteiger partial charge in [-0.1, -0.05) is 62.2 Å². The van der Waals surface area contributed by atoms with Gasteiger partial charge in [0.15, 0.2) is 0 Å². The molecule has 0 aliphatic carbocycles. The molecular weight excluding hydrogens is 533 g/mol. The Morgan fingerprint density at radius 3 is 2.53 bits per heavy atom. The first-order valence-electron chi connectivity index (χ1n) is 11.9. The van der Waals surface area contributed by atoms with E-state index >= 15 is 8.78 Å². The van der Waals surface area contributed by atoms with Crippen molar-refractivity contribution in [3.63, 3.8) is 0 Å². The summed E-state index contributed by atoms with van der Waals surface area (Å²) in [5, 5.41) is 16.7. The van der Waals surface area contributed by atoms with Crippen molar-refractivity contribution in [2.75, 3.05) is 5.32 Å². The number of benzene rings is 2. The Balaban J connectivity index is 1.98. The number of rotatable bonds is 5. The fraction of sp³-hybridized carbons (Fsp3) is 0.321. The molecule has 3 aromatic rings. The van der Waals surface area contributed by atoms with E-state index in [2.05, 4.69) is 21.7 Å². The zero-order valence-corrected chi connectivity index (χ0v) is 22.4. The number of nitrogens with one attached hydrogen (secondary N) is 3. The molecule has 1 fully saturated rings. The summed E-state index contributed by atoms with van der Waals surface area (Å²) in [6, 6.07) is 11.3. The number of anilines is 1. The highest BCUT2D eigenvalue weighted by atomic mass is 35.5. The average Bonchev–Trinajstić information content (AvgIpc) is 3.14. The number of amides is 1. The van der Waals surface area contributed by atoms with Crippen LogP contribution in [0.2, 0.25) is 10.0 Å². The van der Waals surface area contributed by atoms with Gasteiger partial charge in [0.1, 0.15) is 17.0 Å². The standard InChI is InChI=1S/C28H26Cl2F2N4O2/c1-27(2,3)13-21-28(14-33,18-8-7-15(29)11-20(18)31)23(17-5-4-6-19(30)24(17)32)25(36-21)26(38)35-16-9-10-34-22(37)12-16/h4-12,21,23,25,36H,13H2,1-3H3,(H2,34,35,37,38)/t21-,23-,25?,28-/m0/s1. The summed E-state index contributed by atoms with van der Waals surface area (Å²) in [6.07, 6.45) is 1.72. The molecule has 0 saturated carbocycles. The van der Waals surface area contributed by atoms with Crippen LogP contribution < -0.4 is 16.2 Å². The lowest BCUT2D eigenvalue weighted by Crippen LogP contribution is -2.45. The van der Waals surface area contributed by atoms with Crippen molar-refractivity contribution in [2.45, 2.75) is 50.6 Å². The van der Waals surface area contributed by atoms with E-state index in [1.165, 1.54) is 48.7 Å². The fourth-order valence-electron chi connectivity index (χ4n) is 5.30. The summed E-state index contributed by atoms with van der Waals surface area (Å²) in [6.45, 7) is 5.86. The quantitative estimate of drug-likeness (QED) is 0.362. The molecule has 38 heavy (non-hydrogen) atoms. The van der Waals surface area contributed by atoms with Crippen LogP contribution >= 0.6 is 23.2 Å². The molecule has 6 nitrogen and oxygen atoms in total. The molecule has 1 aliphatic heterocycles. The second-order valence-electron chi connectivity index (χ2n) is 10.6. The number of nitrogens with zero attached hydrogens (tertiary/aromatic N) is 1. The number of carbonyl (C=O) groups excluding carboxylic acids is 1. The Morgan fingerprint density at radius 1 is 1.16 bits per heavy atom. The maximum atomic E-state index is 15.6. The van der Waals surface area contributed by atoms with Crippen LogP contribution in [0.3, 0.4) is 0 Å². The van der Waals surface area contributed by atoms with E-state index in [1.807, 2.05) is 20.8 Å². The molecule has 1 saturated heterocycles. The van der Waals surface area contributed by atoms with Gasteiger partial charge in [-0.3, -0.25) is 9.59 Å². The third-order valence-corrected chi connectivity index (χ3v) is 7.30. The number of carbonyl (C=O) groups is 1. The lowest BCUT2D eigenvalue weighted by atomic mass is 9.62. The number of pyridine rings is 1. The smallest absolute Gasteiger partial charge is 0.249 e. The zero-order chi connectivity index (χ0) is 27.8. The Morgan fingerprint density at radius 2 is 1.89 bits per heavy atom. The summed E-state index contributed by atoms with van der Waals surface area (Å²) >= 11 is 12.2. The van der Waals surface area contributed by atoms with Gasteiger partial charge in [0.25, 0.3) is 0 Å². The SMILES string of the molecule is CC(C)(C)C[C@@H]1NC(C(=O)Nc2cc[nH]c(=O)c2)[C@H](c2cccc(Cl)c2F)[C@@]1(C#N)c1ccc(Cl)cc1F. The van der Waals surface area contributed by atoms with Crippen molar-refractivity contribution in [1.29, 1.82) is 5.26 Å². The van der Waals surface area contributed by atoms with Crippen molar-refractivity contribution in [3.8, 4) is 6.07 Å². The Hall–Kier alpha value is -3.25. The van der Waals surface area contributed by atoms with Gasteiger partial charge in [-0.25, -0.2) is 8.78 Å². The second kappa shape index (κ2) is 10.5. The van der Waals surface area contributed by atoms with Gasteiger partial charge in [0.2, 0.25) is 11.5 Å². The van der Waals surface area contributed by atoms with E-state index in [0.29, 0.717) is 6.42 Å². The summed E-state index contributed by atoms with van der Waals surface area (Å²) in [7, 11) is 0. The summed E-state index contributed by atoms with van der Waals surface area (Å²) in [4.78, 5) is 28.0. The third-order valence-electron chi connectivity index (χ3n) is 6.77. The highest BCUT2D eigenvalue weighted by Crippen LogP contribution is 2.52. The van der Waals surface area contributed by atoms with Crippen LogP contribution in [0.5, 0.6) is 0 Å². The minimum Gasteiger partial charge on any atom is -0.329 e. The van der Waals surface area contributed by atoms with Crippen LogP contribution in [0.25, 0.3) is 0 Å². The fourth-order valence-corrected chi connectivity index (χ4v) is 5.64. The maximum Gasteiger partial charge on any atom is 0.249 e. The molecule has 4 atom stereocenters. The van der Waals surface area contributed by atoms with E-state index in [1.54, 1.807) is 0 Å². The molecule has 1 aliphatic rings. The average molecular weight is 559 g/mol. The molecule has 198 valence electrons. The largest absolute Gasteiger partial charge is 0.329 e. The number of halogens is 4. The van der Waals surface area contributed by atoms with Gasteiger partial charge in [-0.15, -0.1) is 0 Å². The van der Waals surface area contributed by atoms with Crippen molar-refractivity contribution in [2.24, 2.45) is 5.41 Å². The lowest BCUT2D eigenvalue weighted by molar-refractivity contribution is -0.118. The molecular formula is C28H26Cl2F2N4O2. The Kier molecular flexibility index (Phi) is 7.67. The molecule has 1 amide bonds. The zero-order valence-electron chi connectivity index (χ0n) is 20.9. The van der Waals surface area contributed by atoms with Gasteiger partial charge >= 0.3 is 0 Å². The normalized spacial score (nSPS) is 23.2. The Bertz CT molecular complexity index is 1480. The first-order chi connectivity index (χ1) is 17.9. The first-order valence-corrected chi connectivity index (χ1v) is 12.7. The van der Waals surface area contributed by atoms with Crippen molar-refractivity contribution >= 4 is 34.8 Å². The van der Waals surface area contributed by atoms with E-state index in [-0.39, 0.29) is 32.3 Å². The second-order valence-corrected chi connectivity index (χ2v) is 11.5. The highest BCUT2D eigenvalue weighted by molar-refractivity contribution is 6.31. The van der Waals surface area contributed by atoms with Crippen LogP contribution in [0.15, 0.2) is 59.5 Å². The lowest BCUT2D eigenvalue weighted by Gasteiger charge is -2.37. The van der Waals surface area contributed by atoms with E-state index in [0.717, 1.165) is 6.07 Å². The molecule has 10 heteroatoms. The van der Waals surface area contributed by atoms with Gasteiger partial charge in [0.05, 0.1) is 17.1 Å². The molecule has 4 rings (SSSR count). The molecule has 0 spiro atoms. The van der Waals surface area contributed by atoms with E-state index in [4.69, 9.17) is 23.2 Å². The van der Waals surface area contributed by atoms with E-state index < -0.39 is 46.5 Å². The molecule has 3 N–H and O–H groups in total. The van der Waals surface area contributed by atoms with Gasteiger partial charge in [0, 0.05) is 40.5 Å². The van der Waals surface area contributed by atoms with Crippen molar-refractivity contribution in [3.05, 3.63) is 97.9 Å². The predicted molar refractivity (Wildman–Crippen MR) is 143 cm³/mol. The van der Waals surface area contributed by atoms with Crippen LogP contribution in [-0.2, 0) is 10.2 Å². The number of hydrogen-bond donors (Lipinski definition) is 3. The number of nitriles is 1. The predicted octanol–water partition coefficient (Wildman–Crippen LogP) is 5.92. The van der Waals surface area contributed by atoms with Crippen molar-refractivity contribution < 1.29 is 13.6 Å². The van der Waals surface area contributed by atoms with Gasteiger partial charge in [-0.05, 0) is 41.7 Å². The van der Waals surface area contributed by atoms with Crippen molar-refractivity contribution in [1.82, 2.24) is 10.3 Å². The third kappa shape index (κ3) is 5.19. The molecule has 2 heterocycles. The topological polar surface area (TPSA) is 97.8 Å². The highest BCUT2D eigenvalue weighted by Gasteiger charge is 2.61. The van der Waals surface area contributed by atoms with E-state index in [9.17, 15) is 14.9 Å². The van der Waals surface area contributed by atoms with Gasteiger partial charge in [-0.2, -0.15) is 5.26 Å². The van der Waals surface area contributed by atoms with Crippen LogP contribution in [0, 0.1) is 28.4 Å². The number of aromatic amines is 1. The summed E-state index contributed by atoms with van der Waals surface area (Å²) in [5.74, 6) is -3.37. The first kappa shape index (κ1) is 27.8. The summed E-state index contributed by atoms with van der Waals surface area (Å²) in [5.41, 5.74) is -2.34. The van der Waals surface area contributed by atoms with Gasteiger partial charge < -0.3 is 15.6 Å². The molecule has 2 aromatic carbocycles. The minimum atomic E-state index is -1.73. The molecule has 1 aromatic heterocycles. The molecule has 1 unspecified atom stereocenters. The monoisotopic (exact) mass is 558 g/mol. The maximum absolute atomic E-state index is 15.6. The molecule has 0 radical (unpaired) electrons. The molecule has 0 bridgehead atoms. The number of hydrogen-bond acceptors (Lipinski definition) is 4. The summed E-state index contributed by atoms with van der Waals surface area (Å²) < 4.78 is 31.2. The Labute approximate surface area is 229 Å². The van der Waals surface area contributed by atoms with Crippen LogP contribution in [0.4, 0.5) is 14.5 Å². The van der Waals surface area contributed by atoms with Crippen LogP contribution in [0.1, 0.15) is 44.2 Å².